The summed E-state index contributed by atoms with van der Waals surface area (Å²) in [6, 6.07) is 12.3. The van der Waals surface area contributed by atoms with Crippen molar-refractivity contribution in [2.24, 2.45) is 0 Å². The first kappa shape index (κ1) is 16.0. The lowest BCUT2D eigenvalue weighted by Gasteiger charge is -2.18. The van der Waals surface area contributed by atoms with Crippen LogP contribution in [0.2, 0.25) is 0 Å². The van der Waals surface area contributed by atoms with Gasteiger partial charge in [-0.25, -0.2) is 4.98 Å². The van der Waals surface area contributed by atoms with Gasteiger partial charge in [0, 0.05) is 12.7 Å². The molecule has 2 aromatic carbocycles. The fraction of sp³-hybridized carbons (Fsp3) is 0.176. The predicted molar refractivity (Wildman–Crippen MR) is 85.9 cm³/mol. The minimum atomic E-state index is -4.47. The Balaban J connectivity index is 1.98. The molecule has 124 valence electrons. The van der Waals surface area contributed by atoms with Crippen molar-refractivity contribution in [1.82, 2.24) is 9.97 Å². The number of rotatable bonds is 3. The van der Waals surface area contributed by atoms with Crippen molar-refractivity contribution in [3.8, 4) is 0 Å². The Morgan fingerprint density at radius 3 is 2.50 bits per heavy atom. The van der Waals surface area contributed by atoms with Crippen LogP contribution >= 0.6 is 0 Å². The molecule has 0 bridgehead atoms. The van der Waals surface area contributed by atoms with Gasteiger partial charge < -0.3 is 9.88 Å². The largest absolute Gasteiger partial charge is 0.416 e. The lowest BCUT2D eigenvalue weighted by atomic mass is 10.1. The maximum atomic E-state index is 12.8. The lowest BCUT2D eigenvalue weighted by Crippen LogP contribution is -2.21. The van der Waals surface area contributed by atoms with Gasteiger partial charge in [-0.2, -0.15) is 13.2 Å². The summed E-state index contributed by atoms with van der Waals surface area (Å²) in [4.78, 5) is 20.7. The van der Waals surface area contributed by atoms with Crippen LogP contribution in [0.4, 0.5) is 18.9 Å². The second kappa shape index (κ2) is 5.99. The van der Waals surface area contributed by atoms with E-state index in [-0.39, 0.29) is 17.4 Å². The molecule has 0 saturated heterocycles. The van der Waals surface area contributed by atoms with Crippen LogP contribution in [0.5, 0.6) is 0 Å². The summed E-state index contributed by atoms with van der Waals surface area (Å²) in [5.41, 5.74) is -0.338. The highest BCUT2D eigenvalue weighted by atomic mass is 19.4. The standard InChI is InChI=1S/C17H14F3N3O/c1-23(12-5-3-2-4-6-12)10-15-21-14-9-11(17(18,19)20)7-8-13(14)16(24)22-15/h2-9H,10H2,1H3,(H,21,22,24). The monoisotopic (exact) mass is 333 g/mol. The molecule has 0 aliphatic rings. The van der Waals surface area contributed by atoms with Gasteiger partial charge in [-0.05, 0) is 30.3 Å². The summed E-state index contributed by atoms with van der Waals surface area (Å²) in [5.74, 6) is 0.304. The van der Waals surface area contributed by atoms with E-state index in [0.29, 0.717) is 5.82 Å². The molecule has 1 heterocycles. The van der Waals surface area contributed by atoms with Gasteiger partial charge in [0.25, 0.3) is 5.56 Å². The van der Waals surface area contributed by atoms with Gasteiger partial charge in [-0.3, -0.25) is 4.79 Å². The third-order valence-electron chi connectivity index (χ3n) is 3.67. The number of alkyl halides is 3. The number of para-hydroxylation sites is 1. The number of hydrogen-bond acceptors (Lipinski definition) is 3. The van der Waals surface area contributed by atoms with Crippen LogP contribution < -0.4 is 10.5 Å². The molecular formula is C17H14F3N3O. The highest BCUT2D eigenvalue weighted by molar-refractivity contribution is 5.78. The highest BCUT2D eigenvalue weighted by Crippen LogP contribution is 2.30. The summed E-state index contributed by atoms with van der Waals surface area (Å²) >= 11 is 0. The predicted octanol–water partition coefficient (Wildman–Crippen LogP) is 3.58. The quantitative estimate of drug-likeness (QED) is 0.797. The molecule has 0 saturated carbocycles. The minimum Gasteiger partial charge on any atom is -0.367 e. The van der Waals surface area contributed by atoms with E-state index in [0.717, 1.165) is 23.9 Å². The summed E-state index contributed by atoms with van der Waals surface area (Å²) in [7, 11) is 1.81. The van der Waals surface area contributed by atoms with E-state index in [1.165, 1.54) is 0 Å². The summed E-state index contributed by atoms with van der Waals surface area (Å²) in [5, 5.41) is 0.133. The number of H-pyrrole nitrogens is 1. The average molecular weight is 333 g/mol. The molecule has 0 amide bonds. The Bertz CT molecular complexity index is 920. The van der Waals surface area contributed by atoms with Crippen molar-refractivity contribution in [2.45, 2.75) is 12.7 Å². The third kappa shape index (κ3) is 3.24. The number of benzene rings is 2. The molecule has 0 atom stereocenters. The molecule has 0 fully saturated rings. The molecular weight excluding hydrogens is 319 g/mol. The van der Waals surface area contributed by atoms with Gasteiger partial charge in [0.1, 0.15) is 5.82 Å². The number of hydrogen-bond donors (Lipinski definition) is 1. The van der Waals surface area contributed by atoms with E-state index in [2.05, 4.69) is 9.97 Å². The molecule has 0 spiro atoms. The molecule has 0 radical (unpaired) electrons. The molecule has 0 aliphatic heterocycles. The highest BCUT2D eigenvalue weighted by Gasteiger charge is 2.30. The van der Waals surface area contributed by atoms with Crippen molar-refractivity contribution in [3.63, 3.8) is 0 Å². The number of nitrogens with zero attached hydrogens (tertiary/aromatic N) is 2. The maximum Gasteiger partial charge on any atom is 0.416 e. The van der Waals surface area contributed by atoms with Gasteiger partial charge in [-0.15, -0.1) is 0 Å². The van der Waals surface area contributed by atoms with Crippen molar-refractivity contribution in [1.29, 1.82) is 0 Å². The van der Waals surface area contributed by atoms with Crippen molar-refractivity contribution < 1.29 is 13.2 Å². The number of anilines is 1. The third-order valence-corrected chi connectivity index (χ3v) is 3.67. The van der Waals surface area contributed by atoms with Crippen LogP contribution in [-0.2, 0) is 12.7 Å². The Morgan fingerprint density at radius 1 is 1.12 bits per heavy atom. The van der Waals surface area contributed by atoms with Gasteiger partial charge in [0.05, 0.1) is 23.0 Å². The summed E-state index contributed by atoms with van der Waals surface area (Å²) in [6.07, 6.45) is -4.47. The normalized spacial score (nSPS) is 11.7. The fourth-order valence-corrected chi connectivity index (χ4v) is 2.44. The maximum absolute atomic E-state index is 12.8. The van der Waals surface area contributed by atoms with Gasteiger partial charge >= 0.3 is 6.18 Å². The zero-order valence-electron chi connectivity index (χ0n) is 12.8. The molecule has 24 heavy (non-hydrogen) atoms. The van der Waals surface area contributed by atoms with Crippen LogP contribution in [0.25, 0.3) is 10.9 Å². The number of aromatic amines is 1. The molecule has 3 aromatic rings. The number of nitrogens with one attached hydrogen (secondary N) is 1. The molecule has 0 unspecified atom stereocenters. The van der Waals surface area contributed by atoms with Crippen LogP contribution in [-0.4, -0.2) is 17.0 Å². The van der Waals surface area contributed by atoms with Crippen LogP contribution in [0.1, 0.15) is 11.4 Å². The second-order valence-corrected chi connectivity index (χ2v) is 5.43. The fourth-order valence-electron chi connectivity index (χ4n) is 2.44. The number of aromatic nitrogens is 2. The number of fused-ring (bicyclic) bond motifs is 1. The lowest BCUT2D eigenvalue weighted by molar-refractivity contribution is -0.137. The Labute approximate surface area is 135 Å². The molecule has 3 rings (SSSR count). The first-order valence-electron chi connectivity index (χ1n) is 7.21. The summed E-state index contributed by atoms with van der Waals surface area (Å²) in [6.45, 7) is 0.269. The van der Waals surface area contributed by atoms with E-state index in [1.807, 2.05) is 42.3 Å². The zero-order chi connectivity index (χ0) is 17.3. The van der Waals surface area contributed by atoms with E-state index < -0.39 is 17.3 Å². The molecule has 1 aromatic heterocycles. The van der Waals surface area contributed by atoms with Gasteiger partial charge in [0.15, 0.2) is 0 Å². The molecule has 1 N–H and O–H groups in total. The van der Waals surface area contributed by atoms with E-state index in [9.17, 15) is 18.0 Å². The Kier molecular flexibility index (Phi) is 4.01. The summed E-state index contributed by atoms with van der Waals surface area (Å²) < 4.78 is 38.5. The SMILES string of the molecule is CN(Cc1nc2cc(C(F)(F)F)ccc2c(=O)[nH]1)c1ccccc1. The topological polar surface area (TPSA) is 49.0 Å². The van der Waals surface area contributed by atoms with E-state index in [1.54, 1.807) is 0 Å². The van der Waals surface area contributed by atoms with Gasteiger partial charge in [0.2, 0.25) is 0 Å². The first-order chi connectivity index (χ1) is 11.3. The Morgan fingerprint density at radius 2 is 1.83 bits per heavy atom. The number of halogens is 3. The first-order valence-corrected chi connectivity index (χ1v) is 7.21. The van der Waals surface area contributed by atoms with E-state index in [4.69, 9.17) is 0 Å². The van der Waals surface area contributed by atoms with Crippen molar-refractivity contribution in [2.75, 3.05) is 11.9 Å². The molecule has 0 aliphatic carbocycles. The molecule has 4 nitrogen and oxygen atoms in total. The minimum absolute atomic E-state index is 0.0324. The van der Waals surface area contributed by atoms with Crippen LogP contribution in [0.15, 0.2) is 53.3 Å². The van der Waals surface area contributed by atoms with E-state index >= 15 is 0 Å². The zero-order valence-corrected chi connectivity index (χ0v) is 12.8. The molecule has 7 heteroatoms. The van der Waals surface area contributed by atoms with Crippen LogP contribution in [0.3, 0.4) is 0 Å². The smallest absolute Gasteiger partial charge is 0.367 e. The van der Waals surface area contributed by atoms with Crippen molar-refractivity contribution in [3.05, 3.63) is 70.3 Å². The van der Waals surface area contributed by atoms with Crippen molar-refractivity contribution >= 4 is 16.6 Å². The van der Waals surface area contributed by atoms with Crippen LogP contribution in [0, 0.1) is 0 Å². The Hall–Kier alpha value is -2.83. The van der Waals surface area contributed by atoms with Gasteiger partial charge in [-0.1, -0.05) is 18.2 Å². The second-order valence-electron chi connectivity index (χ2n) is 5.43. The average Bonchev–Trinajstić information content (AvgIpc) is 2.54.